The van der Waals surface area contributed by atoms with Gasteiger partial charge in [0.25, 0.3) is 5.91 Å². The van der Waals surface area contributed by atoms with E-state index in [1.165, 1.54) is 5.56 Å². The molecule has 5 nitrogen and oxygen atoms in total. The fraction of sp³-hybridized carbons (Fsp3) is 0.208. The molecule has 0 aliphatic carbocycles. The van der Waals surface area contributed by atoms with Gasteiger partial charge in [-0.05, 0) is 67.4 Å². The van der Waals surface area contributed by atoms with Crippen LogP contribution in [0.25, 0.3) is 0 Å². The molecule has 1 amide bonds. The summed E-state index contributed by atoms with van der Waals surface area (Å²) in [6, 6.07) is 21.2. The molecule has 0 bridgehead atoms. The molecule has 0 spiro atoms. The maximum Gasteiger partial charge on any atom is 0.262 e. The van der Waals surface area contributed by atoms with Crippen LogP contribution in [0.15, 0.2) is 71.2 Å². The van der Waals surface area contributed by atoms with E-state index in [1.54, 1.807) is 0 Å². The number of halogens is 1. The molecule has 30 heavy (non-hydrogen) atoms. The van der Waals surface area contributed by atoms with E-state index in [0.717, 1.165) is 21.4 Å². The molecule has 0 saturated heterocycles. The summed E-state index contributed by atoms with van der Waals surface area (Å²) in [4.78, 5) is 12.1. The maximum absolute atomic E-state index is 12.1. The summed E-state index contributed by atoms with van der Waals surface area (Å²) in [5.41, 5.74) is 4.04. The summed E-state index contributed by atoms with van der Waals surface area (Å²) < 4.78 is 12.5. The van der Waals surface area contributed by atoms with Crippen LogP contribution in [0.5, 0.6) is 11.5 Å². The van der Waals surface area contributed by atoms with Gasteiger partial charge in [-0.15, -0.1) is 0 Å². The number of amides is 1. The molecule has 6 heteroatoms. The number of hydrogen-bond donors (Lipinski definition) is 2. The normalized spacial score (nSPS) is 10.4. The minimum Gasteiger partial charge on any atom is -0.490 e. The molecule has 156 valence electrons. The Morgan fingerprint density at radius 3 is 2.50 bits per heavy atom. The topological polar surface area (TPSA) is 59.6 Å². The summed E-state index contributed by atoms with van der Waals surface area (Å²) >= 11 is 3.48. The molecule has 0 aliphatic heterocycles. The predicted octanol–water partition coefficient (Wildman–Crippen LogP) is 5.79. The summed E-state index contributed by atoms with van der Waals surface area (Å²) in [6.45, 7) is 5.05. The van der Waals surface area contributed by atoms with Crippen molar-refractivity contribution in [3.8, 4) is 11.5 Å². The van der Waals surface area contributed by atoms with E-state index in [2.05, 4.69) is 39.6 Å². The van der Waals surface area contributed by atoms with Gasteiger partial charge in [0.1, 0.15) is 0 Å². The lowest BCUT2D eigenvalue weighted by Gasteiger charge is -2.15. The first-order chi connectivity index (χ1) is 14.5. The van der Waals surface area contributed by atoms with Crippen LogP contribution < -0.4 is 20.1 Å². The number of nitrogens with one attached hydrogen (secondary N) is 2. The molecule has 3 rings (SSSR count). The highest BCUT2D eigenvalue weighted by Crippen LogP contribution is 2.29. The fourth-order valence-electron chi connectivity index (χ4n) is 2.93. The molecule has 3 aromatic carbocycles. The van der Waals surface area contributed by atoms with Crippen molar-refractivity contribution in [1.29, 1.82) is 0 Å². The van der Waals surface area contributed by atoms with Gasteiger partial charge in [0.15, 0.2) is 18.1 Å². The molecule has 0 aromatic heterocycles. The summed E-state index contributed by atoms with van der Waals surface area (Å²) in [7, 11) is 0. The maximum atomic E-state index is 12.1. The largest absolute Gasteiger partial charge is 0.490 e. The quantitative estimate of drug-likeness (QED) is 0.417. The van der Waals surface area contributed by atoms with Gasteiger partial charge < -0.3 is 20.1 Å². The third kappa shape index (κ3) is 6.26. The molecule has 0 saturated carbocycles. The molecule has 0 atom stereocenters. The highest BCUT2D eigenvalue weighted by molar-refractivity contribution is 9.10. The van der Waals surface area contributed by atoms with Gasteiger partial charge in [0, 0.05) is 22.4 Å². The molecule has 0 heterocycles. The second kappa shape index (κ2) is 10.7. The zero-order valence-corrected chi connectivity index (χ0v) is 18.7. The van der Waals surface area contributed by atoms with Crippen LogP contribution in [0.3, 0.4) is 0 Å². The first-order valence-corrected chi connectivity index (χ1v) is 10.6. The van der Waals surface area contributed by atoms with Gasteiger partial charge in [-0.25, -0.2) is 0 Å². The Balaban J connectivity index is 1.62. The zero-order valence-electron chi connectivity index (χ0n) is 17.1. The third-order valence-corrected chi connectivity index (χ3v) is 4.89. The minimum absolute atomic E-state index is 0.0926. The average Bonchev–Trinajstić information content (AvgIpc) is 2.73. The Bertz CT molecular complexity index is 993. The smallest absolute Gasteiger partial charge is 0.262 e. The second-order valence-electron chi connectivity index (χ2n) is 6.73. The minimum atomic E-state index is -0.222. The van der Waals surface area contributed by atoms with Crippen molar-refractivity contribution in [2.75, 3.05) is 23.8 Å². The lowest BCUT2D eigenvalue weighted by atomic mass is 10.1. The standard InChI is InChI=1S/C24H25BrN2O3/c1-3-29-23-14-18(15-26-21-11-10-19(25)13-17(21)2)9-12-22(23)30-16-24(28)27-20-7-5-4-6-8-20/h4-14,26H,3,15-16H2,1-2H3,(H,27,28). The van der Waals surface area contributed by atoms with Crippen LogP contribution in [0.4, 0.5) is 11.4 Å². The number of para-hydroxylation sites is 1. The van der Waals surface area contributed by atoms with Gasteiger partial charge in [-0.1, -0.05) is 40.2 Å². The van der Waals surface area contributed by atoms with Gasteiger partial charge in [0.05, 0.1) is 6.61 Å². The number of benzene rings is 3. The number of hydrogen-bond acceptors (Lipinski definition) is 4. The van der Waals surface area contributed by atoms with Crippen molar-refractivity contribution in [3.05, 3.63) is 82.3 Å². The van der Waals surface area contributed by atoms with Crippen molar-refractivity contribution in [2.45, 2.75) is 20.4 Å². The molecule has 0 radical (unpaired) electrons. The molecule has 0 unspecified atom stereocenters. The average molecular weight is 469 g/mol. The summed E-state index contributed by atoms with van der Waals surface area (Å²) in [5.74, 6) is 0.945. The molecular weight excluding hydrogens is 444 g/mol. The van der Waals surface area contributed by atoms with Crippen molar-refractivity contribution in [1.82, 2.24) is 0 Å². The van der Waals surface area contributed by atoms with E-state index in [0.29, 0.717) is 24.7 Å². The van der Waals surface area contributed by atoms with Crippen LogP contribution in [0.2, 0.25) is 0 Å². The number of ether oxygens (including phenoxy) is 2. The van der Waals surface area contributed by atoms with E-state index >= 15 is 0 Å². The number of carbonyl (C=O) groups excluding carboxylic acids is 1. The Kier molecular flexibility index (Phi) is 7.74. The van der Waals surface area contributed by atoms with Gasteiger partial charge in [0.2, 0.25) is 0 Å². The Morgan fingerprint density at radius 1 is 0.967 bits per heavy atom. The number of aryl methyl sites for hydroxylation is 1. The fourth-order valence-corrected chi connectivity index (χ4v) is 3.41. The zero-order chi connectivity index (χ0) is 21.3. The number of rotatable bonds is 9. The summed E-state index contributed by atoms with van der Waals surface area (Å²) in [6.07, 6.45) is 0. The Morgan fingerprint density at radius 2 is 1.77 bits per heavy atom. The SMILES string of the molecule is CCOc1cc(CNc2ccc(Br)cc2C)ccc1OCC(=O)Nc1ccccc1. The number of carbonyl (C=O) groups is 1. The van der Waals surface area contributed by atoms with Gasteiger partial charge >= 0.3 is 0 Å². The van der Waals surface area contributed by atoms with E-state index < -0.39 is 0 Å². The first-order valence-electron chi connectivity index (χ1n) is 9.78. The Labute approximate surface area is 185 Å². The lowest BCUT2D eigenvalue weighted by molar-refractivity contribution is -0.118. The van der Waals surface area contributed by atoms with Crippen molar-refractivity contribution in [2.24, 2.45) is 0 Å². The highest BCUT2D eigenvalue weighted by atomic mass is 79.9. The molecule has 3 aromatic rings. The van der Waals surface area contributed by atoms with E-state index in [-0.39, 0.29) is 12.5 Å². The third-order valence-electron chi connectivity index (χ3n) is 4.40. The Hall–Kier alpha value is -2.99. The summed E-state index contributed by atoms with van der Waals surface area (Å²) in [5, 5.41) is 6.25. The van der Waals surface area contributed by atoms with Gasteiger partial charge in [-0.2, -0.15) is 0 Å². The molecule has 0 aliphatic rings. The van der Waals surface area contributed by atoms with Crippen LogP contribution in [-0.2, 0) is 11.3 Å². The molecule has 2 N–H and O–H groups in total. The lowest BCUT2D eigenvalue weighted by Crippen LogP contribution is -2.20. The van der Waals surface area contributed by atoms with E-state index in [4.69, 9.17) is 9.47 Å². The monoisotopic (exact) mass is 468 g/mol. The van der Waals surface area contributed by atoms with Crippen LogP contribution in [0, 0.1) is 6.92 Å². The first kappa shape index (κ1) is 21.7. The van der Waals surface area contributed by atoms with Crippen LogP contribution in [0.1, 0.15) is 18.1 Å². The van der Waals surface area contributed by atoms with Crippen LogP contribution in [-0.4, -0.2) is 19.1 Å². The second-order valence-corrected chi connectivity index (χ2v) is 7.65. The molecular formula is C24H25BrN2O3. The van der Waals surface area contributed by atoms with E-state index in [1.807, 2.05) is 67.6 Å². The van der Waals surface area contributed by atoms with Crippen molar-refractivity contribution < 1.29 is 14.3 Å². The van der Waals surface area contributed by atoms with Crippen molar-refractivity contribution in [3.63, 3.8) is 0 Å². The highest BCUT2D eigenvalue weighted by Gasteiger charge is 2.10. The predicted molar refractivity (Wildman–Crippen MR) is 124 cm³/mol. The van der Waals surface area contributed by atoms with Crippen LogP contribution >= 0.6 is 15.9 Å². The number of anilines is 2. The van der Waals surface area contributed by atoms with E-state index in [9.17, 15) is 4.79 Å². The molecule has 0 fully saturated rings. The van der Waals surface area contributed by atoms with Gasteiger partial charge in [-0.3, -0.25) is 4.79 Å². The van der Waals surface area contributed by atoms with Crippen molar-refractivity contribution >= 4 is 33.2 Å².